The third kappa shape index (κ3) is 4.42. The number of hydrogen-bond acceptors (Lipinski definition) is 6. The van der Waals surface area contributed by atoms with Crippen LogP contribution < -0.4 is 20.5 Å². The van der Waals surface area contributed by atoms with Crippen LogP contribution in [0.3, 0.4) is 0 Å². The number of carbonyl (C=O) groups is 1. The molecule has 0 aliphatic carbocycles. The number of methoxy groups -OCH3 is 1. The number of piperidine rings is 1. The molecule has 1 amide bonds. The molecule has 32 heavy (non-hydrogen) atoms. The topological polar surface area (TPSA) is 101 Å². The lowest BCUT2D eigenvalue weighted by atomic mass is 10.0. The molecule has 3 heterocycles. The minimum absolute atomic E-state index is 0.0905. The van der Waals surface area contributed by atoms with Crippen LogP contribution in [0.5, 0.6) is 5.75 Å². The minimum Gasteiger partial charge on any atom is -0.496 e. The van der Waals surface area contributed by atoms with Crippen molar-refractivity contribution in [3.63, 3.8) is 0 Å². The van der Waals surface area contributed by atoms with E-state index in [1.54, 1.807) is 24.0 Å². The maximum Gasteiger partial charge on any atom is 0.407 e. The van der Waals surface area contributed by atoms with Gasteiger partial charge in [0.1, 0.15) is 16.9 Å². The standard InChI is InChI=1S/C23H29N5O4/c1-23(2,3)32-22(30)25-15-8-7-12-27(14-15)20-18(16-9-5-6-10-17(16)31-4)19-21(29)24-11-13-28(19)26-20/h5-6,9-11,13,15H,7-8,12,14H2,1-4H3,(H,24,29)(H,25,30)/t15-/m1/s1. The summed E-state index contributed by atoms with van der Waals surface area (Å²) < 4.78 is 12.6. The van der Waals surface area contributed by atoms with Gasteiger partial charge in [0.2, 0.25) is 0 Å². The summed E-state index contributed by atoms with van der Waals surface area (Å²) in [6.07, 6.45) is 4.57. The maximum atomic E-state index is 12.8. The number of carbonyl (C=O) groups excluding carboxylic acids is 1. The number of anilines is 1. The summed E-state index contributed by atoms with van der Waals surface area (Å²) in [6, 6.07) is 7.49. The van der Waals surface area contributed by atoms with Crippen LogP contribution in [0.25, 0.3) is 16.6 Å². The summed E-state index contributed by atoms with van der Waals surface area (Å²) >= 11 is 0. The number of rotatable bonds is 4. The van der Waals surface area contributed by atoms with Crippen LogP contribution in [0.2, 0.25) is 0 Å². The summed E-state index contributed by atoms with van der Waals surface area (Å²) in [5, 5.41) is 7.72. The molecule has 0 saturated carbocycles. The van der Waals surface area contributed by atoms with Gasteiger partial charge in [-0.2, -0.15) is 0 Å². The van der Waals surface area contributed by atoms with Gasteiger partial charge in [0, 0.05) is 37.1 Å². The number of alkyl carbamates (subject to hydrolysis) is 1. The van der Waals surface area contributed by atoms with Gasteiger partial charge in [0.15, 0.2) is 5.82 Å². The zero-order valence-corrected chi connectivity index (χ0v) is 18.8. The van der Waals surface area contributed by atoms with E-state index in [0.29, 0.717) is 29.2 Å². The third-order valence-corrected chi connectivity index (χ3v) is 5.36. The van der Waals surface area contributed by atoms with Crippen LogP contribution in [0.1, 0.15) is 33.6 Å². The van der Waals surface area contributed by atoms with Crippen molar-refractivity contribution in [3.05, 3.63) is 47.0 Å². The van der Waals surface area contributed by atoms with Crippen molar-refractivity contribution < 1.29 is 14.3 Å². The second-order valence-electron chi connectivity index (χ2n) is 8.91. The Morgan fingerprint density at radius 2 is 2.06 bits per heavy atom. The number of aromatic amines is 1. The molecule has 1 saturated heterocycles. The van der Waals surface area contributed by atoms with E-state index in [1.165, 1.54) is 0 Å². The second kappa shape index (κ2) is 8.57. The molecule has 0 unspecified atom stereocenters. The molecule has 0 bridgehead atoms. The largest absolute Gasteiger partial charge is 0.496 e. The quantitative estimate of drug-likeness (QED) is 0.648. The fraction of sp³-hybridized carbons (Fsp3) is 0.435. The molecule has 1 atom stereocenters. The number of amides is 1. The van der Waals surface area contributed by atoms with Gasteiger partial charge in [-0.25, -0.2) is 9.31 Å². The predicted molar refractivity (Wildman–Crippen MR) is 122 cm³/mol. The van der Waals surface area contributed by atoms with Crippen LogP contribution in [-0.2, 0) is 4.74 Å². The Morgan fingerprint density at radius 3 is 2.81 bits per heavy atom. The van der Waals surface area contributed by atoms with Crippen LogP contribution in [-0.4, -0.2) is 52.5 Å². The van der Waals surface area contributed by atoms with Gasteiger partial charge in [0.05, 0.1) is 12.7 Å². The van der Waals surface area contributed by atoms with Gasteiger partial charge >= 0.3 is 6.09 Å². The van der Waals surface area contributed by atoms with Gasteiger partial charge in [-0.3, -0.25) is 4.79 Å². The molecular weight excluding hydrogens is 410 g/mol. The van der Waals surface area contributed by atoms with Crippen molar-refractivity contribution in [2.45, 2.75) is 45.3 Å². The van der Waals surface area contributed by atoms with Gasteiger partial charge in [-0.05, 0) is 39.7 Å². The molecule has 170 valence electrons. The lowest BCUT2D eigenvalue weighted by Crippen LogP contribution is -2.49. The molecule has 1 aliphatic rings. The molecule has 9 heteroatoms. The molecule has 1 aromatic carbocycles. The first-order valence-corrected chi connectivity index (χ1v) is 10.7. The van der Waals surface area contributed by atoms with E-state index in [1.807, 2.05) is 45.0 Å². The number of benzene rings is 1. The summed E-state index contributed by atoms with van der Waals surface area (Å²) in [6.45, 7) is 6.84. The van der Waals surface area contributed by atoms with Crippen molar-refractivity contribution in [1.82, 2.24) is 19.9 Å². The molecule has 0 spiro atoms. The molecule has 1 fully saturated rings. The number of hydrogen-bond donors (Lipinski definition) is 2. The molecule has 2 aromatic heterocycles. The summed E-state index contributed by atoms with van der Waals surface area (Å²) in [7, 11) is 1.61. The smallest absolute Gasteiger partial charge is 0.407 e. The number of nitrogens with one attached hydrogen (secondary N) is 2. The van der Waals surface area contributed by atoms with Crippen molar-refractivity contribution in [2.75, 3.05) is 25.1 Å². The molecule has 1 aliphatic heterocycles. The highest BCUT2D eigenvalue weighted by Crippen LogP contribution is 2.39. The van der Waals surface area contributed by atoms with Gasteiger partial charge in [-0.1, -0.05) is 18.2 Å². The Bertz CT molecular complexity index is 1180. The van der Waals surface area contributed by atoms with Crippen molar-refractivity contribution in [2.24, 2.45) is 0 Å². The van der Waals surface area contributed by atoms with E-state index in [-0.39, 0.29) is 11.6 Å². The highest BCUT2D eigenvalue weighted by Gasteiger charge is 2.29. The van der Waals surface area contributed by atoms with E-state index >= 15 is 0 Å². The Morgan fingerprint density at radius 1 is 1.28 bits per heavy atom. The molecule has 3 aromatic rings. The van der Waals surface area contributed by atoms with Crippen LogP contribution >= 0.6 is 0 Å². The normalized spacial score (nSPS) is 16.8. The first-order chi connectivity index (χ1) is 15.3. The fourth-order valence-corrected chi connectivity index (χ4v) is 4.08. The molecule has 0 radical (unpaired) electrons. The number of aromatic nitrogens is 3. The number of para-hydroxylation sites is 1. The average Bonchev–Trinajstić information content (AvgIpc) is 3.13. The molecule has 9 nitrogen and oxygen atoms in total. The molecule has 4 rings (SSSR count). The summed E-state index contributed by atoms with van der Waals surface area (Å²) in [4.78, 5) is 29.9. The zero-order chi connectivity index (χ0) is 22.9. The predicted octanol–water partition coefficient (Wildman–Crippen LogP) is 3.19. The van der Waals surface area contributed by atoms with Crippen molar-refractivity contribution in [3.8, 4) is 16.9 Å². The average molecular weight is 440 g/mol. The number of H-pyrrole nitrogens is 1. The Kier molecular flexibility index (Phi) is 5.82. The van der Waals surface area contributed by atoms with E-state index in [0.717, 1.165) is 24.9 Å². The highest BCUT2D eigenvalue weighted by atomic mass is 16.6. The fourth-order valence-electron chi connectivity index (χ4n) is 4.08. The lowest BCUT2D eigenvalue weighted by Gasteiger charge is -2.34. The van der Waals surface area contributed by atoms with E-state index < -0.39 is 11.7 Å². The number of ether oxygens (including phenoxy) is 2. The van der Waals surface area contributed by atoms with Crippen LogP contribution in [0.4, 0.5) is 10.6 Å². The van der Waals surface area contributed by atoms with Gasteiger partial charge in [-0.15, -0.1) is 5.10 Å². The maximum absolute atomic E-state index is 12.8. The van der Waals surface area contributed by atoms with E-state index in [2.05, 4.69) is 15.2 Å². The molecular formula is C23H29N5O4. The third-order valence-electron chi connectivity index (χ3n) is 5.36. The first-order valence-electron chi connectivity index (χ1n) is 10.7. The van der Waals surface area contributed by atoms with Crippen LogP contribution in [0.15, 0.2) is 41.5 Å². The monoisotopic (exact) mass is 439 g/mol. The molecule has 2 N–H and O–H groups in total. The lowest BCUT2D eigenvalue weighted by molar-refractivity contribution is 0.0500. The second-order valence-corrected chi connectivity index (χ2v) is 8.91. The minimum atomic E-state index is -0.557. The summed E-state index contributed by atoms with van der Waals surface area (Å²) in [5.41, 5.74) is 1.17. The summed E-state index contributed by atoms with van der Waals surface area (Å²) in [5.74, 6) is 1.34. The number of fused-ring (bicyclic) bond motifs is 1. The van der Waals surface area contributed by atoms with E-state index in [9.17, 15) is 9.59 Å². The van der Waals surface area contributed by atoms with Crippen molar-refractivity contribution >= 4 is 17.4 Å². The first kappa shape index (κ1) is 21.7. The zero-order valence-electron chi connectivity index (χ0n) is 18.8. The van der Waals surface area contributed by atoms with E-state index in [4.69, 9.17) is 14.6 Å². The Labute approximate surface area is 186 Å². The van der Waals surface area contributed by atoms with Crippen molar-refractivity contribution in [1.29, 1.82) is 0 Å². The van der Waals surface area contributed by atoms with Gasteiger partial charge < -0.3 is 24.7 Å². The van der Waals surface area contributed by atoms with Crippen LogP contribution in [0, 0.1) is 0 Å². The Hall–Kier alpha value is -3.49. The highest BCUT2D eigenvalue weighted by molar-refractivity contribution is 5.92. The SMILES string of the molecule is COc1ccccc1-c1c(N2CCC[C@@H](NC(=O)OC(C)(C)C)C2)nn2cc[nH]c(=O)c12. The van der Waals surface area contributed by atoms with Gasteiger partial charge in [0.25, 0.3) is 5.56 Å². The number of nitrogens with zero attached hydrogens (tertiary/aromatic N) is 3. The Balaban J connectivity index is 1.72.